The first-order chi connectivity index (χ1) is 9.16. The summed E-state index contributed by atoms with van der Waals surface area (Å²) in [5.41, 5.74) is 0.480. The summed E-state index contributed by atoms with van der Waals surface area (Å²) in [6, 6.07) is 8.70. The lowest BCUT2D eigenvalue weighted by Crippen LogP contribution is -2.44. The van der Waals surface area contributed by atoms with E-state index < -0.39 is 18.2 Å². The highest BCUT2D eigenvalue weighted by Crippen LogP contribution is 2.40. The fraction of sp³-hybridized carbons (Fsp3) is 0.500. The third-order valence-electron chi connectivity index (χ3n) is 3.76. The Morgan fingerprint density at radius 1 is 1.26 bits per heavy atom. The number of hydrogen-bond donors (Lipinski definition) is 2. The quantitative estimate of drug-likeness (QED) is 0.608. The van der Waals surface area contributed by atoms with Crippen LogP contribution in [0.4, 0.5) is 0 Å². The summed E-state index contributed by atoms with van der Waals surface area (Å²) in [7, 11) is 0. The maximum Gasteiger partial charge on any atom is 0.338 e. The minimum atomic E-state index is -0.896. The number of hydrogen-bond acceptors (Lipinski definition) is 5. The summed E-state index contributed by atoms with van der Waals surface area (Å²) in [5.74, 6) is -0.687. The lowest BCUT2D eigenvalue weighted by molar-refractivity contribution is -0.0548. The average Bonchev–Trinajstić information content (AvgIpc) is 3.21. The predicted molar refractivity (Wildman–Crippen MR) is 65.5 cm³/mol. The van der Waals surface area contributed by atoms with Gasteiger partial charge in [0.2, 0.25) is 0 Å². The van der Waals surface area contributed by atoms with E-state index in [-0.39, 0.29) is 24.7 Å². The molecule has 0 bridgehead atoms. The van der Waals surface area contributed by atoms with E-state index in [9.17, 15) is 15.0 Å². The topological polar surface area (TPSA) is 79.3 Å². The highest BCUT2D eigenvalue weighted by molar-refractivity contribution is 5.89. The first kappa shape index (κ1) is 12.6. The molecule has 0 aromatic heterocycles. The second-order valence-electron chi connectivity index (χ2n) is 5.08. The van der Waals surface area contributed by atoms with Crippen molar-refractivity contribution in [1.29, 1.82) is 0 Å². The number of benzene rings is 1. The molecule has 5 nitrogen and oxygen atoms in total. The molecule has 1 saturated carbocycles. The van der Waals surface area contributed by atoms with Crippen molar-refractivity contribution in [2.45, 2.75) is 30.8 Å². The lowest BCUT2D eigenvalue weighted by atomic mass is 9.85. The maximum absolute atomic E-state index is 11.8. The first-order valence-corrected chi connectivity index (χ1v) is 6.40. The molecule has 1 heterocycles. The lowest BCUT2D eigenvalue weighted by Gasteiger charge is -2.28. The molecule has 5 atom stereocenters. The second kappa shape index (κ2) is 4.92. The van der Waals surface area contributed by atoms with Crippen LogP contribution in [0.3, 0.4) is 0 Å². The van der Waals surface area contributed by atoms with Gasteiger partial charge in [-0.3, -0.25) is 0 Å². The number of ether oxygens (including phenoxy) is 2. The summed E-state index contributed by atoms with van der Waals surface area (Å²) in [6.45, 7) is 0.0958. The van der Waals surface area contributed by atoms with Crippen molar-refractivity contribution in [3.8, 4) is 0 Å². The summed E-state index contributed by atoms with van der Waals surface area (Å²) in [5, 5.41) is 19.6. The zero-order valence-corrected chi connectivity index (χ0v) is 10.3. The highest BCUT2D eigenvalue weighted by atomic mass is 16.6. The summed E-state index contributed by atoms with van der Waals surface area (Å²) in [6.07, 6.45) is -1.40. The third kappa shape index (κ3) is 2.49. The number of rotatable bonds is 3. The molecule has 0 radical (unpaired) electrons. The van der Waals surface area contributed by atoms with Crippen LogP contribution in [0.15, 0.2) is 30.3 Å². The van der Waals surface area contributed by atoms with Crippen LogP contribution < -0.4 is 0 Å². The molecule has 1 saturated heterocycles. The monoisotopic (exact) mass is 264 g/mol. The molecule has 2 aliphatic rings. The van der Waals surface area contributed by atoms with Crippen molar-refractivity contribution >= 4 is 5.97 Å². The second-order valence-corrected chi connectivity index (χ2v) is 5.08. The van der Waals surface area contributed by atoms with Gasteiger partial charge >= 0.3 is 5.97 Å². The van der Waals surface area contributed by atoms with Crippen LogP contribution in [-0.4, -0.2) is 47.2 Å². The Kier molecular flexibility index (Phi) is 3.26. The van der Waals surface area contributed by atoms with Gasteiger partial charge in [-0.05, 0) is 18.6 Å². The van der Waals surface area contributed by atoms with Crippen LogP contribution in [0.1, 0.15) is 16.8 Å². The number of aliphatic hydroxyl groups excluding tert-OH is 2. The van der Waals surface area contributed by atoms with Crippen molar-refractivity contribution in [2.24, 2.45) is 5.92 Å². The van der Waals surface area contributed by atoms with Gasteiger partial charge in [-0.15, -0.1) is 0 Å². The van der Waals surface area contributed by atoms with Crippen LogP contribution in [0, 0.1) is 5.92 Å². The van der Waals surface area contributed by atoms with Crippen LogP contribution in [-0.2, 0) is 9.47 Å². The number of esters is 1. The third-order valence-corrected chi connectivity index (χ3v) is 3.76. The highest BCUT2D eigenvalue weighted by Gasteiger charge is 2.54. The van der Waals surface area contributed by atoms with Crippen LogP contribution >= 0.6 is 0 Å². The van der Waals surface area contributed by atoms with Gasteiger partial charge in [0.25, 0.3) is 0 Å². The molecular weight excluding hydrogens is 248 g/mol. The molecule has 1 aromatic carbocycles. The van der Waals surface area contributed by atoms with Crippen molar-refractivity contribution in [3.63, 3.8) is 0 Å². The van der Waals surface area contributed by atoms with Crippen LogP contribution in [0.25, 0.3) is 0 Å². The molecule has 3 rings (SSSR count). The zero-order chi connectivity index (χ0) is 13.4. The predicted octanol–water partition coefficient (Wildman–Crippen LogP) is 0.352. The SMILES string of the molecule is O=C(OCC1CC2OC2C(O)C1O)c1ccccc1. The summed E-state index contributed by atoms with van der Waals surface area (Å²) >= 11 is 0. The summed E-state index contributed by atoms with van der Waals surface area (Å²) < 4.78 is 10.4. The Hall–Kier alpha value is -1.43. The molecule has 1 aliphatic carbocycles. The molecule has 5 heteroatoms. The van der Waals surface area contributed by atoms with E-state index in [0.717, 1.165) is 0 Å². The number of epoxide rings is 1. The van der Waals surface area contributed by atoms with Gasteiger partial charge in [-0.25, -0.2) is 4.79 Å². The molecule has 1 aliphatic heterocycles. The van der Waals surface area contributed by atoms with E-state index in [1.54, 1.807) is 24.3 Å². The van der Waals surface area contributed by atoms with E-state index in [1.165, 1.54) is 0 Å². The van der Waals surface area contributed by atoms with E-state index in [4.69, 9.17) is 9.47 Å². The van der Waals surface area contributed by atoms with Crippen molar-refractivity contribution in [2.75, 3.05) is 6.61 Å². The van der Waals surface area contributed by atoms with Crippen LogP contribution in [0.5, 0.6) is 0 Å². The van der Waals surface area contributed by atoms with Gasteiger partial charge < -0.3 is 19.7 Å². The van der Waals surface area contributed by atoms with Gasteiger partial charge in [0.05, 0.1) is 24.4 Å². The van der Waals surface area contributed by atoms with Crippen molar-refractivity contribution in [1.82, 2.24) is 0 Å². The number of aliphatic hydroxyl groups is 2. The summed E-state index contributed by atoms with van der Waals surface area (Å²) in [4.78, 5) is 11.8. The van der Waals surface area contributed by atoms with E-state index in [0.29, 0.717) is 12.0 Å². The normalized spacial score (nSPS) is 36.4. The van der Waals surface area contributed by atoms with Gasteiger partial charge in [0, 0.05) is 5.92 Å². The first-order valence-electron chi connectivity index (χ1n) is 6.40. The molecule has 1 aromatic rings. The Labute approximate surface area is 110 Å². The van der Waals surface area contributed by atoms with Gasteiger partial charge in [0.15, 0.2) is 0 Å². The number of fused-ring (bicyclic) bond motifs is 1. The maximum atomic E-state index is 11.8. The molecule has 2 N–H and O–H groups in total. The molecule has 0 amide bonds. The van der Waals surface area contributed by atoms with Crippen molar-refractivity contribution < 1.29 is 24.5 Å². The van der Waals surface area contributed by atoms with E-state index in [1.807, 2.05) is 6.07 Å². The Morgan fingerprint density at radius 3 is 2.74 bits per heavy atom. The minimum Gasteiger partial charge on any atom is -0.462 e. The van der Waals surface area contributed by atoms with Crippen molar-refractivity contribution in [3.05, 3.63) is 35.9 Å². The molecular formula is C14H16O5. The Morgan fingerprint density at radius 2 is 2.00 bits per heavy atom. The van der Waals surface area contributed by atoms with Gasteiger partial charge in [-0.1, -0.05) is 18.2 Å². The largest absolute Gasteiger partial charge is 0.462 e. The Bertz CT molecular complexity index is 460. The smallest absolute Gasteiger partial charge is 0.338 e. The minimum absolute atomic E-state index is 0.00109. The number of carbonyl (C=O) groups excluding carboxylic acids is 1. The molecule has 0 spiro atoms. The Balaban J connectivity index is 1.56. The van der Waals surface area contributed by atoms with E-state index >= 15 is 0 Å². The number of carbonyl (C=O) groups is 1. The molecule has 19 heavy (non-hydrogen) atoms. The molecule has 2 fully saturated rings. The van der Waals surface area contributed by atoms with Gasteiger partial charge in [-0.2, -0.15) is 0 Å². The standard InChI is InChI=1S/C14H16O5/c15-11-9(6-10-13(19-10)12(11)16)7-18-14(17)8-4-2-1-3-5-8/h1-5,9-13,15-16H,6-7H2. The molecule has 5 unspecified atom stereocenters. The van der Waals surface area contributed by atoms with E-state index in [2.05, 4.69) is 0 Å². The van der Waals surface area contributed by atoms with Gasteiger partial charge in [0.1, 0.15) is 12.2 Å². The average molecular weight is 264 g/mol. The zero-order valence-electron chi connectivity index (χ0n) is 10.3. The fourth-order valence-electron chi connectivity index (χ4n) is 2.56. The fourth-order valence-corrected chi connectivity index (χ4v) is 2.56. The molecule has 102 valence electrons. The van der Waals surface area contributed by atoms with Crippen LogP contribution in [0.2, 0.25) is 0 Å².